The molecule has 2 atom stereocenters. The summed E-state index contributed by atoms with van der Waals surface area (Å²) in [6, 6.07) is 3.61. The van der Waals surface area contributed by atoms with Crippen molar-refractivity contribution in [3.05, 3.63) is 41.9 Å². The van der Waals surface area contributed by atoms with E-state index in [-0.39, 0.29) is 24.0 Å². The molecule has 2 aromatic rings. The molecule has 162 valence electrons. The van der Waals surface area contributed by atoms with Crippen molar-refractivity contribution >= 4 is 6.09 Å². The third-order valence-electron chi connectivity index (χ3n) is 4.99. The summed E-state index contributed by atoms with van der Waals surface area (Å²) in [6.45, 7) is 10.9. The number of ether oxygens (including phenoxy) is 2. The minimum Gasteiger partial charge on any atom is -0.488 e. The van der Waals surface area contributed by atoms with Gasteiger partial charge in [-0.1, -0.05) is 0 Å². The van der Waals surface area contributed by atoms with Crippen molar-refractivity contribution in [3.63, 3.8) is 0 Å². The summed E-state index contributed by atoms with van der Waals surface area (Å²) < 4.78 is 40.3. The SMILES string of the molecule is Cc1cc(-c2cc(F)c(OC[C@]3(C)CC(C)N3C(=O)OC(C)(C)C)cc2F)ncn1. The molecule has 0 N–H and O–H groups in total. The summed E-state index contributed by atoms with van der Waals surface area (Å²) >= 11 is 0. The third kappa shape index (κ3) is 4.52. The third-order valence-corrected chi connectivity index (χ3v) is 4.99. The minimum absolute atomic E-state index is 0.0128. The Morgan fingerprint density at radius 3 is 2.53 bits per heavy atom. The van der Waals surface area contributed by atoms with Gasteiger partial charge < -0.3 is 9.47 Å². The molecular weight excluding hydrogens is 392 g/mol. The van der Waals surface area contributed by atoms with Gasteiger partial charge in [-0.05, 0) is 60.1 Å². The van der Waals surface area contributed by atoms with Gasteiger partial charge in [0.1, 0.15) is 24.4 Å². The first-order valence-corrected chi connectivity index (χ1v) is 9.83. The highest BCUT2D eigenvalue weighted by molar-refractivity contribution is 5.71. The van der Waals surface area contributed by atoms with Crippen LogP contribution in [0.2, 0.25) is 0 Å². The zero-order chi connectivity index (χ0) is 22.3. The molecule has 1 aromatic heterocycles. The Morgan fingerprint density at radius 2 is 1.93 bits per heavy atom. The molecule has 0 radical (unpaired) electrons. The molecule has 1 saturated heterocycles. The van der Waals surface area contributed by atoms with Crippen LogP contribution in [-0.4, -0.2) is 44.7 Å². The van der Waals surface area contributed by atoms with Crippen molar-refractivity contribution in [1.82, 2.24) is 14.9 Å². The average molecular weight is 419 g/mol. The molecule has 0 aliphatic carbocycles. The second kappa shape index (κ2) is 7.81. The zero-order valence-electron chi connectivity index (χ0n) is 18.1. The molecule has 1 aliphatic rings. The van der Waals surface area contributed by atoms with Gasteiger partial charge >= 0.3 is 6.09 Å². The molecule has 2 heterocycles. The Kier molecular flexibility index (Phi) is 5.71. The van der Waals surface area contributed by atoms with Crippen molar-refractivity contribution < 1.29 is 23.0 Å². The number of aryl methyl sites for hydroxylation is 1. The van der Waals surface area contributed by atoms with Gasteiger partial charge in [-0.15, -0.1) is 0 Å². The monoisotopic (exact) mass is 419 g/mol. The van der Waals surface area contributed by atoms with Crippen molar-refractivity contribution in [2.75, 3.05) is 6.61 Å². The largest absolute Gasteiger partial charge is 0.488 e. The quantitative estimate of drug-likeness (QED) is 0.706. The zero-order valence-corrected chi connectivity index (χ0v) is 18.1. The summed E-state index contributed by atoms with van der Waals surface area (Å²) in [5, 5.41) is 0. The Hall–Kier alpha value is -2.77. The van der Waals surface area contributed by atoms with Crippen LogP contribution in [0.3, 0.4) is 0 Å². The first-order chi connectivity index (χ1) is 13.9. The second-order valence-electron chi connectivity index (χ2n) is 9.00. The molecule has 1 fully saturated rings. The Labute approximate surface area is 175 Å². The predicted octanol–water partition coefficient (Wildman–Crippen LogP) is 4.90. The van der Waals surface area contributed by atoms with E-state index in [1.54, 1.807) is 38.7 Å². The maximum absolute atomic E-state index is 14.6. The van der Waals surface area contributed by atoms with E-state index in [0.29, 0.717) is 17.8 Å². The van der Waals surface area contributed by atoms with E-state index in [1.165, 1.54) is 6.33 Å². The van der Waals surface area contributed by atoms with Crippen molar-refractivity contribution in [2.45, 2.75) is 65.1 Å². The van der Waals surface area contributed by atoms with Crippen LogP contribution in [0.15, 0.2) is 24.5 Å². The molecule has 3 rings (SSSR count). The van der Waals surface area contributed by atoms with E-state index in [1.807, 2.05) is 13.8 Å². The summed E-state index contributed by atoms with van der Waals surface area (Å²) in [5.74, 6) is -1.57. The van der Waals surface area contributed by atoms with Crippen LogP contribution in [0.5, 0.6) is 5.75 Å². The van der Waals surface area contributed by atoms with Crippen LogP contribution >= 0.6 is 0 Å². The minimum atomic E-state index is -0.706. The maximum Gasteiger partial charge on any atom is 0.411 e. The summed E-state index contributed by atoms with van der Waals surface area (Å²) in [7, 11) is 0. The number of rotatable bonds is 4. The lowest BCUT2D eigenvalue weighted by molar-refractivity contribution is -0.0836. The van der Waals surface area contributed by atoms with E-state index in [4.69, 9.17) is 9.47 Å². The van der Waals surface area contributed by atoms with E-state index in [9.17, 15) is 13.6 Å². The number of hydrogen-bond donors (Lipinski definition) is 0. The molecule has 1 unspecified atom stereocenters. The van der Waals surface area contributed by atoms with Crippen molar-refractivity contribution in [2.24, 2.45) is 0 Å². The van der Waals surface area contributed by atoms with Crippen LogP contribution in [0.4, 0.5) is 13.6 Å². The lowest BCUT2D eigenvalue weighted by atomic mass is 9.81. The van der Waals surface area contributed by atoms with Gasteiger partial charge in [0.25, 0.3) is 0 Å². The fourth-order valence-corrected chi connectivity index (χ4v) is 3.76. The number of nitrogens with zero attached hydrogens (tertiary/aromatic N) is 3. The molecule has 30 heavy (non-hydrogen) atoms. The van der Waals surface area contributed by atoms with E-state index in [0.717, 1.165) is 12.1 Å². The van der Waals surface area contributed by atoms with Crippen molar-refractivity contribution in [1.29, 1.82) is 0 Å². The topological polar surface area (TPSA) is 64.5 Å². The Bertz CT molecular complexity index is 961. The van der Waals surface area contributed by atoms with Gasteiger partial charge in [0.05, 0.1) is 11.2 Å². The molecule has 8 heteroatoms. The number of benzene rings is 1. The number of amides is 1. The highest BCUT2D eigenvalue weighted by atomic mass is 19.1. The maximum atomic E-state index is 14.6. The van der Waals surface area contributed by atoms with E-state index < -0.39 is 28.9 Å². The molecule has 0 bridgehead atoms. The Morgan fingerprint density at radius 1 is 1.23 bits per heavy atom. The standard InChI is InChI=1S/C22H27F2N3O3/c1-13-7-18(26-12-25-13)15-8-17(24)19(9-16(15)23)29-11-22(6)10-14(2)27(22)20(28)30-21(3,4)5/h7-9,12,14H,10-11H2,1-6H3/t14?,22-/m0/s1. The molecule has 0 saturated carbocycles. The number of halogens is 2. The predicted molar refractivity (Wildman–Crippen MR) is 108 cm³/mol. The number of hydrogen-bond acceptors (Lipinski definition) is 5. The summed E-state index contributed by atoms with van der Waals surface area (Å²) in [6.07, 6.45) is 1.51. The summed E-state index contributed by atoms with van der Waals surface area (Å²) in [5.41, 5.74) is -0.328. The number of carbonyl (C=O) groups excluding carboxylic acids is 1. The molecular formula is C22H27F2N3O3. The van der Waals surface area contributed by atoms with Gasteiger partial charge in [0.15, 0.2) is 11.6 Å². The van der Waals surface area contributed by atoms with Gasteiger partial charge in [-0.25, -0.2) is 23.5 Å². The number of aromatic nitrogens is 2. The van der Waals surface area contributed by atoms with E-state index in [2.05, 4.69) is 9.97 Å². The fourth-order valence-electron chi connectivity index (χ4n) is 3.76. The van der Waals surface area contributed by atoms with Gasteiger partial charge in [-0.3, -0.25) is 4.90 Å². The fraction of sp³-hybridized carbons (Fsp3) is 0.500. The second-order valence-corrected chi connectivity index (χ2v) is 9.00. The highest BCUT2D eigenvalue weighted by Gasteiger charge is 2.51. The molecule has 1 aliphatic heterocycles. The Balaban J connectivity index is 1.75. The van der Waals surface area contributed by atoms with Crippen LogP contribution in [-0.2, 0) is 4.74 Å². The van der Waals surface area contributed by atoms with Crippen LogP contribution < -0.4 is 4.74 Å². The lowest BCUT2D eigenvalue weighted by Crippen LogP contribution is -2.68. The van der Waals surface area contributed by atoms with Gasteiger partial charge in [-0.2, -0.15) is 0 Å². The van der Waals surface area contributed by atoms with E-state index >= 15 is 0 Å². The molecule has 6 nitrogen and oxygen atoms in total. The first kappa shape index (κ1) is 21.9. The van der Waals surface area contributed by atoms with Gasteiger partial charge in [0.2, 0.25) is 0 Å². The number of likely N-dealkylation sites (tertiary alicyclic amines) is 1. The van der Waals surface area contributed by atoms with Crippen LogP contribution in [0.1, 0.15) is 46.7 Å². The smallest absolute Gasteiger partial charge is 0.411 e. The number of carbonyl (C=O) groups is 1. The molecule has 1 aromatic carbocycles. The van der Waals surface area contributed by atoms with Crippen LogP contribution in [0.25, 0.3) is 11.3 Å². The lowest BCUT2D eigenvalue weighted by Gasteiger charge is -2.54. The van der Waals surface area contributed by atoms with Gasteiger partial charge in [0, 0.05) is 23.4 Å². The summed E-state index contributed by atoms with van der Waals surface area (Å²) in [4.78, 5) is 22.1. The van der Waals surface area contributed by atoms with Crippen LogP contribution in [0, 0.1) is 18.6 Å². The average Bonchev–Trinajstić information content (AvgIpc) is 2.59. The molecule has 0 spiro atoms. The highest BCUT2D eigenvalue weighted by Crippen LogP contribution is 2.38. The van der Waals surface area contributed by atoms with Crippen molar-refractivity contribution in [3.8, 4) is 17.0 Å². The molecule has 1 amide bonds. The first-order valence-electron chi connectivity index (χ1n) is 9.83. The normalized spacial score (nSPS) is 21.2.